The molecule has 1 aliphatic heterocycles. The Balaban J connectivity index is 1.82. The van der Waals surface area contributed by atoms with E-state index in [1.54, 1.807) is 6.07 Å². The molecule has 1 fully saturated rings. The molecule has 3 N–H and O–H groups in total. The Hall–Kier alpha value is -2.22. The topological polar surface area (TPSA) is 119 Å². The average molecular weight is 307 g/mol. The predicted molar refractivity (Wildman–Crippen MR) is 75.3 cm³/mol. The van der Waals surface area contributed by atoms with E-state index in [9.17, 15) is 18.0 Å². The van der Waals surface area contributed by atoms with Gasteiger partial charge in [0.05, 0.1) is 11.8 Å². The van der Waals surface area contributed by atoms with E-state index in [0.717, 1.165) is 0 Å². The predicted octanol–water partition coefficient (Wildman–Crippen LogP) is -0.303. The van der Waals surface area contributed by atoms with Crippen LogP contribution in [0.3, 0.4) is 0 Å². The van der Waals surface area contributed by atoms with Crippen molar-refractivity contribution in [3.8, 4) is 0 Å². The van der Waals surface area contributed by atoms with Gasteiger partial charge in [-0.1, -0.05) is 6.07 Å². The first-order valence-corrected chi connectivity index (χ1v) is 7.96. The molecule has 1 aromatic carbocycles. The summed E-state index contributed by atoms with van der Waals surface area (Å²) in [7, 11) is -3.58. The van der Waals surface area contributed by atoms with Gasteiger partial charge in [0.15, 0.2) is 0 Å². The number of hydrogen-bond acceptors (Lipinski definition) is 5. The number of hydrogen-bond donors (Lipinski definition) is 2. The summed E-state index contributed by atoms with van der Waals surface area (Å²) in [5.41, 5.74) is 6.88. The summed E-state index contributed by atoms with van der Waals surface area (Å²) in [5.74, 6) is -1.29. The highest BCUT2D eigenvalue weighted by atomic mass is 32.2. The number of carbonyl (C=O) groups excluding carboxylic acids is 2. The van der Waals surface area contributed by atoms with Crippen LogP contribution in [0.25, 0.3) is 0 Å². The van der Waals surface area contributed by atoms with Gasteiger partial charge < -0.3 is 5.73 Å². The van der Waals surface area contributed by atoms with Crippen molar-refractivity contribution in [2.24, 2.45) is 10.7 Å². The van der Waals surface area contributed by atoms with Crippen LogP contribution in [0.4, 0.5) is 0 Å². The van der Waals surface area contributed by atoms with Crippen LogP contribution in [0, 0.1) is 0 Å². The van der Waals surface area contributed by atoms with Crippen LogP contribution in [0.1, 0.15) is 34.3 Å². The Labute approximate surface area is 121 Å². The first kappa shape index (κ1) is 13.7. The SMILES string of the molecule is NC(=O)C1=NCc2cc(C(=O)NS(=O)(=O)C3CC3)ccc21. The molecule has 2 aliphatic rings. The van der Waals surface area contributed by atoms with E-state index in [1.165, 1.54) is 12.1 Å². The molecule has 1 aromatic rings. The zero-order valence-corrected chi connectivity index (χ0v) is 11.8. The summed E-state index contributed by atoms with van der Waals surface area (Å²) in [4.78, 5) is 27.2. The normalized spacial score (nSPS) is 17.0. The van der Waals surface area contributed by atoms with Crippen molar-refractivity contribution < 1.29 is 18.0 Å². The number of rotatable bonds is 4. The van der Waals surface area contributed by atoms with Gasteiger partial charge in [0.25, 0.3) is 11.8 Å². The molecular formula is C13H13N3O4S. The third-order valence-corrected chi connectivity index (χ3v) is 5.28. The maximum atomic E-state index is 12.0. The average Bonchev–Trinajstić information content (AvgIpc) is 3.18. The minimum Gasteiger partial charge on any atom is -0.364 e. The second kappa shape index (κ2) is 4.66. The molecule has 0 unspecified atom stereocenters. The second-order valence-electron chi connectivity index (χ2n) is 5.08. The fraction of sp³-hybridized carbons (Fsp3) is 0.308. The number of sulfonamides is 1. The molecule has 0 aromatic heterocycles. The second-order valence-corrected chi connectivity index (χ2v) is 7.04. The molecule has 21 heavy (non-hydrogen) atoms. The lowest BCUT2D eigenvalue weighted by Gasteiger charge is -2.07. The molecule has 0 bridgehead atoms. The van der Waals surface area contributed by atoms with E-state index in [1.807, 2.05) is 0 Å². The minimum atomic E-state index is -3.58. The quantitative estimate of drug-likeness (QED) is 0.793. The van der Waals surface area contributed by atoms with Crippen molar-refractivity contribution in [3.63, 3.8) is 0 Å². The third kappa shape index (κ3) is 2.54. The molecule has 0 saturated heterocycles. The minimum absolute atomic E-state index is 0.183. The Bertz CT molecular complexity index is 779. The van der Waals surface area contributed by atoms with Crippen LogP contribution >= 0.6 is 0 Å². The number of amides is 2. The Kier molecular flexibility index (Phi) is 3.05. The van der Waals surface area contributed by atoms with Gasteiger partial charge in [0.2, 0.25) is 10.0 Å². The Morgan fingerprint density at radius 2 is 2.00 bits per heavy atom. The molecule has 1 heterocycles. The van der Waals surface area contributed by atoms with Gasteiger partial charge in [-0.25, -0.2) is 13.1 Å². The molecule has 0 radical (unpaired) electrons. The van der Waals surface area contributed by atoms with Gasteiger partial charge in [-0.3, -0.25) is 14.6 Å². The van der Waals surface area contributed by atoms with Crippen molar-refractivity contribution >= 4 is 27.5 Å². The molecule has 2 amide bonds. The summed E-state index contributed by atoms with van der Waals surface area (Å²) < 4.78 is 25.5. The van der Waals surface area contributed by atoms with Gasteiger partial charge in [-0.05, 0) is 30.5 Å². The standard InChI is InChI=1S/C13H13N3O4S/c14-12(17)11-10-4-1-7(5-8(10)6-15-11)13(18)16-21(19,20)9-2-3-9/h1,4-5,9H,2-3,6H2,(H2,14,17)(H,16,18). The summed E-state index contributed by atoms with van der Waals surface area (Å²) in [5, 5.41) is -0.458. The molecule has 3 rings (SSSR count). The first-order valence-electron chi connectivity index (χ1n) is 6.42. The largest absolute Gasteiger partial charge is 0.364 e. The van der Waals surface area contributed by atoms with E-state index >= 15 is 0 Å². The number of primary amides is 1. The molecule has 7 nitrogen and oxygen atoms in total. The van der Waals surface area contributed by atoms with Crippen LogP contribution in [0.5, 0.6) is 0 Å². The van der Waals surface area contributed by atoms with Crippen molar-refractivity contribution in [3.05, 3.63) is 34.9 Å². The molecule has 0 atom stereocenters. The molecular weight excluding hydrogens is 294 g/mol. The fourth-order valence-electron chi connectivity index (χ4n) is 2.21. The lowest BCUT2D eigenvalue weighted by molar-refractivity contribution is -0.111. The van der Waals surface area contributed by atoms with E-state index in [2.05, 4.69) is 9.71 Å². The highest BCUT2D eigenvalue weighted by molar-refractivity contribution is 7.91. The summed E-state index contributed by atoms with van der Waals surface area (Å²) in [6.45, 7) is 0.254. The van der Waals surface area contributed by atoms with Gasteiger partial charge in [0.1, 0.15) is 5.71 Å². The Morgan fingerprint density at radius 1 is 1.29 bits per heavy atom. The zero-order valence-electron chi connectivity index (χ0n) is 11.0. The van der Waals surface area contributed by atoms with Crippen LogP contribution in [0.2, 0.25) is 0 Å². The smallest absolute Gasteiger partial charge is 0.267 e. The lowest BCUT2D eigenvalue weighted by atomic mass is 10.0. The van der Waals surface area contributed by atoms with Crippen LogP contribution in [-0.4, -0.2) is 31.2 Å². The van der Waals surface area contributed by atoms with Crippen LogP contribution < -0.4 is 10.5 Å². The highest BCUT2D eigenvalue weighted by Gasteiger charge is 2.37. The zero-order chi connectivity index (χ0) is 15.2. The number of benzene rings is 1. The maximum Gasteiger partial charge on any atom is 0.267 e. The van der Waals surface area contributed by atoms with E-state index < -0.39 is 27.1 Å². The highest BCUT2D eigenvalue weighted by Crippen LogP contribution is 2.27. The van der Waals surface area contributed by atoms with Crippen LogP contribution in [0.15, 0.2) is 23.2 Å². The monoisotopic (exact) mass is 307 g/mol. The lowest BCUT2D eigenvalue weighted by Crippen LogP contribution is -2.33. The van der Waals surface area contributed by atoms with E-state index in [4.69, 9.17) is 5.73 Å². The van der Waals surface area contributed by atoms with E-state index in [0.29, 0.717) is 24.0 Å². The number of carbonyl (C=O) groups is 2. The van der Waals surface area contributed by atoms with Crippen molar-refractivity contribution in [2.75, 3.05) is 0 Å². The van der Waals surface area contributed by atoms with Gasteiger partial charge in [-0.15, -0.1) is 0 Å². The summed E-state index contributed by atoms with van der Waals surface area (Å²) in [6, 6.07) is 4.55. The molecule has 8 heteroatoms. The van der Waals surface area contributed by atoms with Crippen molar-refractivity contribution in [2.45, 2.75) is 24.6 Å². The number of fused-ring (bicyclic) bond motifs is 1. The van der Waals surface area contributed by atoms with Gasteiger partial charge >= 0.3 is 0 Å². The number of nitrogens with zero attached hydrogens (tertiary/aromatic N) is 1. The number of aliphatic imine (C=N–C) groups is 1. The maximum absolute atomic E-state index is 12.0. The number of nitrogens with two attached hydrogens (primary N) is 1. The fourth-order valence-corrected chi connectivity index (χ4v) is 3.51. The molecule has 0 spiro atoms. The first-order chi connectivity index (χ1) is 9.88. The van der Waals surface area contributed by atoms with Crippen LogP contribution in [-0.2, 0) is 21.4 Å². The van der Waals surface area contributed by atoms with Gasteiger partial charge in [0, 0.05) is 11.1 Å². The summed E-state index contributed by atoms with van der Waals surface area (Å²) >= 11 is 0. The Morgan fingerprint density at radius 3 is 2.62 bits per heavy atom. The molecule has 110 valence electrons. The number of nitrogens with one attached hydrogen (secondary N) is 1. The van der Waals surface area contributed by atoms with Gasteiger partial charge in [-0.2, -0.15) is 0 Å². The summed E-state index contributed by atoms with van der Waals surface area (Å²) in [6.07, 6.45) is 1.17. The van der Waals surface area contributed by atoms with Crippen molar-refractivity contribution in [1.82, 2.24) is 4.72 Å². The third-order valence-electron chi connectivity index (χ3n) is 3.46. The van der Waals surface area contributed by atoms with Crippen molar-refractivity contribution in [1.29, 1.82) is 0 Å². The van der Waals surface area contributed by atoms with E-state index in [-0.39, 0.29) is 17.8 Å². The molecule has 1 aliphatic carbocycles. The molecule has 1 saturated carbocycles.